The Hall–Kier alpha value is -2.54. The summed E-state index contributed by atoms with van der Waals surface area (Å²) in [5.74, 6) is 0.937. The largest absolute Gasteiger partial charge is 0.369 e. The minimum Gasteiger partial charge on any atom is -0.369 e. The molecule has 1 aromatic carbocycles. The number of benzene rings is 1. The second kappa shape index (κ2) is 8.23. The van der Waals surface area contributed by atoms with Crippen molar-refractivity contribution in [1.82, 2.24) is 19.7 Å². The van der Waals surface area contributed by atoms with E-state index >= 15 is 0 Å². The first kappa shape index (κ1) is 18.3. The van der Waals surface area contributed by atoms with Crippen molar-refractivity contribution in [3.63, 3.8) is 0 Å². The second-order valence-corrected chi connectivity index (χ2v) is 7.22. The Bertz CT molecular complexity index is 882. The minimum absolute atomic E-state index is 0.0638. The zero-order valence-corrected chi connectivity index (χ0v) is 15.9. The summed E-state index contributed by atoms with van der Waals surface area (Å²) in [6.07, 6.45) is 2.70. The Morgan fingerprint density at radius 3 is 2.54 bits per heavy atom. The molecule has 0 saturated heterocycles. The summed E-state index contributed by atoms with van der Waals surface area (Å²) in [6, 6.07) is 8.50. The molecular formula is C19H23N5OS. The van der Waals surface area contributed by atoms with Crippen LogP contribution in [0.2, 0.25) is 0 Å². The molecule has 3 rings (SSSR count). The lowest BCUT2D eigenvalue weighted by Gasteiger charge is -2.07. The van der Waals surface area contributed by atoms with E-state index in [-0.39, 0.29) is 6.42 Å². The van der Waals surface area contributed by atoms with Crippen molar-refractivity contribution in [2.45, 2.75) is 46.1 Å². The fraction of sp³-hybridized carbons (Fsp3) is 0.368. The van der Waals surface area contributed by atoms with Crippen LogP contribution in [0.25, 0.3) is 0 Å². The number of amides is 1. The minimum atomic E-state index is -0.417. The molecule has 0 unspecified atom stereocenters. The maximum atomic E-state index is 11.2. The molecule has 6 nitrogen and oxygen atoms in total. The molecule has 136 valence electrons. The average molecular weight is 369 g/mol. The van der Waals surface area contributed by atoms with E-state index < -0.39 is 5.91 Å². The fourth-order valence-electron chi connectivity index (χ4n) is 2.81. The number of carbonyl (C=O) groups excluding carboxylic acids is 1. The van der Waals surface area contributed by atoms with Crippen LogP contribution in [0, 0.1) is 6.92 Å². The molecule has 0 aliphatic rings. The van der Waals surface area contributed by atoms with Gasteiger partial charge in [-0.25, -0.2) is 14.6 Å². The number of primary amides is 1. The zero-order valence-electron chi connectivity index (χ0n) is 15.1. The number of nitrogens with zero attached hydrogens (tertiary/aromatic N) is 4. The maximum Gasteiger partial charge on any atom is 0.225 e. The van der Waals surface area contributed by atoms with Crippen LogP contribution in [0.3, 0.4) is 0 Å². The number of carbonyl (C=O) groups is 1. The van der Waals surface area contributed by atoms with Gasteiger partial charge in [-0.1, -0.05) is 31.2 Å². The number of thiazole rings is 1. The first-order chi connectivity index (χ1) is 12.5. The number of aromatic nitrogens is 4. The van der Waals surface area contributed by atoms with Gasteiger partial charge in [0.1, 0.15) is 5.82 Å². The molecule has 0 fully saturated rings. The molecule has 0 saturated carbocycles. The number of aryl methyl sites for hydroxylation is 4. The molecule has 0 aliphatic heterocycles. The molecule has 2 aromatic heterocycles. The standard InChI is InChI=1S/C19H23N5OS/c1-3-14-4-6-15(7-5-14)11-24-19(22-18(23-24)10-17(20)25)9-8-16-13(2)21-12-26-16/h4-7,12H,3,8-11H2,1-2H3,(H2,20,25). The van der Waals surface area contributed by atoms with Crippen LogP contribution >= 0.6 is 11.3 Å². The Morgan fingerprint density at radius 2 is 1.92 bits per heavy atom. The first-order valence-corrected chi connectivity index (χ1v) is 9.60. The molecule has 0 aliphatic carbocycles. The molecule has 0 bridgehead atoms. The third kappa shape index (κ3) is 4.54. The normalized spacial score (nSPS) is 11.0. The summed E-state index contributed by atoms with van der Waals surface area (Å²) in [4.78, 5) is 21.3. The van der Waals surface area contributed by atoms with Gasteiger partial charge in [-0.15, -0.1) is 11.3 Å². The van der Waals surface area contributed by atoms with Crippen LogP contribution in [-0.2, 0) is 37.0 Å². The molecule has 26 heavy (non-hydrogen) atoms. The topological polar surface area (TPSA) is 86.7 Å². The molecule has 2 heterocycles. The van der Waals surface area contributed by atoms with Crippen LogP contribution in [-0.4, -0.2) is 25.7 Å². The third-order valence-electron chi connectivity index (χ3n) is 4.31. The molecule has 0 radical (unpaired) electrons. The van der Waals surface area contributed by atoms with Crippen molar-refractivity contribution in [2.75, 3.05) is 0 Å². The molecule has 7 heteroatoms. The zero-order chi connectivity index (χ0) is 18.5. The molecule has 0 atom stereocenters. The lowest BCUT2D eigenvalue weighted by Crippen LogP contribution is -2.15. The maximum absolute atomic E-state index is 11.2. The molecule has 1 amide bonds. The van der Waals surface area contributed by atoms with Crippen molar-refractivity contribution in [3.05, 3.63) is 63.1 Å². The molecule has 2 N–H and O–H groups in total. The number of nitrogens with two attached hydrogens (primary N) is 1. The highest BCUT2D eigenvalue weighted by Crippen LogP contribution is 2.16. The predicted molar refractivity (Wildman–Crippen MR) is 102 cm³/mol. The van der Waals surface area contributed by atoms with E-state index in [1.54, 1.807) is 11.3 Å². The molecule has 0 spiro atoms. The fourth-order valence-corrected chi connectivity index (χ4v) is 3.59. The second-order valence-electron chi connectivity index (χ2n) is 6.28. The van der Waals surface area contributed by atoms with Gasteiger partial charge >= 0.3 is 0 Å². The average Bonchev–Trinajstić information content (AvgIpc) is 3.19. The van der Waals surface area contributed by atoms with Gasteiger partial charge in [0, 0.05) is 11.3 Å². The van der Waals surface area contributed by atoms with Gasteiger partial charge in [0.15, 0.2) is 5.82 Å². The van der Waals surface area contributed by atoms with E-state index in [1.165, 1.54) is 10.4 Å². The number of hydrogen-bond acceptors (Lipinski definition) is 5. The van der Waals surface area contributed by atoms with Crippen LogP contribution in [0.1, 0.15) is 40.3 Å². The number of rotatable bonds is 8. The van der Waals surface area contributed by atoms with Gasteiger partial charge in [-0.2, -0.15) is 5.10 Å². The van der Waals surface area contributed by atoms with Gasteiger partial charge < -0.3 is 5.73 Å². The van der Waals surface area contributed by atoms with E-state index in [4.69, 9.17) is 5.73 Å². The summed E-state index contributed by atoms with van der Waals surface area (Å²) < 4.78 is 1.88. The van der Waals surface area contributed by atoms with Crippen LogP contribution in [0.5, 0.6) is 0 Å². The van der Waals surface area contributed by atoms with Gasteiger partial charge in [0.25, 0.3) is 0 Å². The van der Waals surface area contributed by atoms with E-state index in [2.05, 4.69) is 46.3 Å². The lowest BCUT2D eigenvalue weighted by molar-refractivity contribution is -0.117. The van der Waals surface area contributed by atoms with E-state index in [1.807, 2.05) is 17.1 Å². The van der Waals surface area contributed by atoms with Crippen molar-refractivity contribution in [2.24, 2.45) is 5.73 Å². The smallest absolute Gasteiger partial charge is 0.225 e. The number of hydrogen-bond donors (Lipinski definition) is 1. The third-order valence-corrected chi connectivity index (χ3v) is 5.30. The van der Waals surface area contributed by atoms with Gasteiger partial charge in [-0.05, 0) is 30.9 Å². The van der Waals surface area contributed by atoms with Crippen molar-refractivity contribution < 1.29 is 4.79 Å². The summed E-state index contributed by atoms with van der Waals surface area (Å²) in [6.45, 7) is 4.79. The van der Waals surface area contributed by atoms with E-state index in [9.17, 15) is 4.79 Å². The van der Waals surface area contributed by atoms with Gasteiger partial charge in [0.05, 0.1) is 24.2 Å². The van der Waals surface area contributed by atoms with Gasteiger partial charge in [-0.3, -0.25) is 4.79 Å². The summed E-state index contributed by atoms with van der Waals surface area (Å²) >= 11 is 1.66. The summed E-state index contributed by atoms with van der Waals surface area (Å²) in [5, 5.41) is 4.50. The highest BCUT2D eigenvalue weighted by molar-refractivity contribution is 7.09. The Balaban J connectivity index is 1.79. The van der Waals surface area contributed by atoms with E-state index in [0.29, 0.717) is 12.4 Å². The highest BCUT2D eigenvalue weighted by Gasteiger charge is 2.13. The van der Waals surface area contributed by atoms with Gasteiger partial charge in [0.2, 0.25) is 5.91 Å². The predicted octanol–water partition coefficient (Wildman–Crippen LogP) is 2.47. The van der Waals surface area contributed by atoms with Crippen molar-refractivity contribution in [3.8, 4) is 0 Å². The Morgan fingerprint density at radius 1 is 1.19 bits per heavy atom. The monoisotopic (exact) mass is 369 g/mol. The first-order valence-electron chi connectivity index (χ1n) is 8.72. The summed E-state index contributed by atoms with van der Waals surface area (Å²) in [7, 11) is 0. The summed E-state index contributed by atoms with van der Waals surface area (Å²) in [5.41, 5.74) is 10.7. The Kier molecular flexibility index (Phi) is 5.78. The van der Waals surface area contributed by atoms with Crippen LogP contribution in [0.15, 0.2) is 29.8 Å². The van der Waals surface area contributed by atoms with Crippen LogP contribution < -0.4 is 5.73 Å². The van der Waals surface area contributed by atoms with Crippen LogP contribution in [0.4, 0.5) is 0 Å². The lowest BCUT2D eigenvalue weighted by atomic mass is 10.1. The van der Waals surface area contributed by atoms with E-state index in [0.717, 1.165) is 36.3 Å². The van der Waals surface area contributed by atoms with Crippen molar-refractivity contribution >= 4 is 17.2 Å². The highest BCUT2D eigenvalue weighted by atomic mass is 32.1. The molecular weight excluding hydrogens is 346 g/mol. The quantitative estimate of drug-likeness (QED) is 0.661. The molecule has 3 aromatic rings. The SMILES string of the molecule is CCc1ccc(Cn2nc(CC(N)=O)nc2CCc2scnc2C)cc1. The van der Waals surface area contributed by atoms with Crippen molar-refractivity contribution in [1.29, 1.82) is 0 Å². The Labute approximate surface area is 157 Å².